The first-order valence-electron chi connectivity index (χ1n) is 11.0. The molecule has 2 N–H and O–H groups in total. The molecule has 162 valence electrons. The number of ether oxygens (including phenoxy) is 1. The van der Waals surface area contributed by atoms with Gasteiger partial charge in [0.2, 0.25) is 0 Å². The lowest BCUT2D eigenvalue weighted by atomic mass is 9.82. The van der Waals surface area contributed by atoms with Gasteiger partial charge in [-0.15, -0.1) is 0 Å². The van der Waals surface area contributed by atoms with Crippen LogP contribution in [0.3, 0.4) is 0 Å². The average molecular weight is 427 g/mol. The second-order valence-corrected chi connectivity index (χ2v) is 8.30. The highest BCUT2D eigenvalue weighted by Crippen LogP contribution is 2.43. The van der Waals surface area contributed by atoms with Gasteiger partial charge in [0.05, 0.1) is 17.8 Å². The maximum atomic E-state index is 13.4. The second kappa shape index (κ2) is 8.42. The van der Waals surface area contributed by atoms with Gasteiger partial charge in [0.1, 0.15) is 11.4 Å². The van der Waals surface area contributed by atoms with E-state index in [9.17, 15) is 9.90 Å². The van der Waals surface area contributed by atoms with Crippen molar-refractivity contribution >= 4 is 17.3 Å². The van der Waals surface area contributed by atoms with Crippen LogP contribution >= 0.6 is 0 Å². The van der Waals surface area contributed by atoms with Crippen molar-refractivity contribution in [2.24, 2.45) is 0 Å². The summed E-state index contributed by atoms with van der Waals surface area (Å²) < 4.78 is 6.21. The number of benzene rings is 3. The number of rotatable bonds is 5. The van der Waals surface area contributed by atoms with E-state index in [1.807, 2.05) is 77.7 Å². The highest BCUT2D eigenvalue weighted by molar-refractivity contribution is 5.96. The number of hydrogen-bond acceptors (Lipinski definition) is 5. The Bertz CT molecular complexity index is 1140. The molecule has 2 aliphatic rings. The molecule has 32 heavy (non-hydrogen) atoms. The van der Waals surface area contributed by atoms with Gasteiger partial charge >= 0.3 is 5.97 Å². The number of nitrogens with zero attached hydrogens (tertiary/aromatic N) is 1. The van der Waals surface area contributed by atoms with Crippen molar-refractivity contribution in [3.05, 3.63) is 108 Å². The van der Waals surface area contributed by atoms with E-state index in [4.69, 9.17) is 4.74 Å². The largest absolute Gasteiger partial charge is 0.510 e. The fourth-order valence-corrected chi connectivity index (χ4v) is 4.69. The minimum Gasteiger partial charge on any atom is -0.510 e. The second-order valence-electron chi connectivity index (χ2n) is 8.30. The summed E-state index contributed by atoms with van der Waals surface area (Å²) in [4.78, 5) is 15.3. The fraction of sp³-hybridized carbons (Fsp3) is 0.222. The standard InChI is InChI=1S/C27H26N2O3/c30-24-19-27(21-11-5-2-6-12-21,16-15-20-9-3-1-4-10-20)32-26(31)25(24)29-18-17-28-22-13-7-8-14-23(22)29/h1-14,28,30H,15-19H2. The Balaban J connectivity index is 1.51. The van der Waals surface area contributed by atoms with Crippen molar-refractivity contribution in [2.75, 3.05) is 23.3 Å². The van der Waals surface area contributed by atoms with Crippen LogP contribution in [-0.2, 0) is 21.6 Å². The smallest absolute Gasteiger partial charge is 0.359 e. The quantitative estimate of drug-likeness (QED) is 0.552. The predicted molar refractivity (Wildman–Crippen MR) is 126 cm³/mol. The molecule has 3 aromatic carbocycles. The molecule has 0 bridgehead atoms. The van der Waals surface area contributed by atoms with Gasteiger partial charge in [-0.05, 0) is 36.1 Å². The van der Waals surface area contributed by atoms with Crippen molar-refractivity contribution in [1.82, 2.24) is 0 Å². The van der Waals surface area contributed by atoms with Crippen molar-refractivity contribution in [1.29, 1.82) is 0 Å². The molecule has 1 atom stereocenters. The van der Waals surface area contributed by atoms with Gasteiger partial charge in [0.25, 0.3) is 0 Å². The van der Waals surface area contributed by atoms with Crippen molar-refractivity contribution in [3.63, 3.8) is 0 Å². The number of carbonyl (C=O) groups excluding carboxylic acids is 1. The van der Waals surface area contributed by atoms with Crippen LogP contribution < -0.4 is 10.2 Å². The SMILES string of the molecule is O=C1OC(CCc2ccccc2)(c2ccccc2)CC(O)=C1N1CCNc2ccccc21. The highest BCUT2D eigenvalue weighted by atomic mass is 16.6. The number of aliphatic hydroxyl groups excluding tert-OH is 1. The van der Waals surface area contributed by atoms with Gasteiger partial charge < -0.3 is 20.1 Å². The number of anilines is 2. The summed E-state index contributed by atoms with van der Waals surface area (Å²) in [6.07, 6.45) is 1.57. The first kappa shape index (κ1) is 20.2. The molecule has 0 saturated heterocycles. The molecule has 1 unspecified atom stereocenters. The zero-order chi connectivity index (χ0) is 22.0. The molecule has 0 amide bonds. The summed E-state index contributed by atoms with van der Waals surface area (Å²) in [5.74, 6) is -0.405. The zero-order valence-electron chi connectivity index (χ0n) is 17.8. The van der Waals surface area contributed by atoms with Crippen molar-refractivity contribution < 1.29 is 14.6 Å². The number of aliphatic hydroxyl groups is 1. The van der Waals surface area contributed by atoms with Crippen LogP contribution in [0.1, 0.15) is 24.0 Å². The molecule has 0 spiro atoms. The van der Waals surface area contributed by atoms with Gasteiger partial charge in [-0.1, -0.05) is 72.8 Å². The maximum Gasteiger partial charge on any atom is 0.359 e. The Morgan fingerprint density at radius 3 is 2.38 bits per heavy atom. The fourth-order valence-electron chi connectivity index (χ4n) is 4.69. The van der Waals surface area contributed by atoms with Crippen LogP contribution in [0.4, 0.5) is 11.4 Å². The first-order chi connectivity index (χ1) is 15.7. The van der Waals surface area contributed by atoms with Gasteiger partial charge in [-0.2, -0.15) is 0 Å². The Hall–Kier alpha value is -3.73. The summed E-state index contributed by atoms with van der Waals surface area (Å²) >= 11 is 0. The van der Waals surface area contributed by atoms with Crippen molar-refractivity contribution in [3.8, 4) is 0 Å². The van der Waals surface area contributed by atoms with E-state index in [0.717, 1.165) is 23.4 Å². The van der Waals surface area contributed by atoms with Gasteiger partial charge in [-0.3, -0.25) is 0 Å². The number of nitrogens with one attached hydrogen (secondary N) is 1. The van der Waals surface area contributed by atoms with E-state index in [-0.39, 0.29) is 17.9 Å². The lowest BCUT2D eigenvalue weighted by molar-refractivity contribution is -0.161. The third-order valence-corrected chi connectivity index (χ3v) is 6.28. The summed E-state index contributed by atoms with van der Waals surface area (Å²) in [5.41, 5.74) is 3.21. The lowest BCUT2D eigenvalue weighted by Gasteiger charge is -2.41. The monoisotopic (exact) mass is 426 g/mol. The van der Waals surface area contributed by atoms with E-state index in [0.29, 0.717) is 19.5 Å². The summed E-state index contributed by atoms with van der Waals surface area (Å²) in [7, 11) is 0. The van der Waals surface area contributed by atoms with Crippen LogP contribution in [0.2, 0.25) is 0 Å². The van der Waals surface area contributed by atoms with Crippen LogP contribution in [-0.4, -0.2) is 24.2 Å². The van der Waals surface area contributed by atoms with Crippen LogP contribution in [0.15, 0.2) is 96.4 Å². The maximum absolute atomic E-state index is 13.4. The van der Waals surface area contributed by atoms with Gasteiger partial charge in [-0.25, -0.2) is 4.79 Å². The Morgan fingerprint density at radius 2 is 1.62 bits per heavy atom. The molecule has 0 saturated carbocycles. The molecule has 0 fully saturated rings. The minimum atomic E-state index is -0.907. The number of para-hydroxylation sites is 2. The Kier molecular flexibility index (Phi) is 5.31. The van der Waals surface area contributed by atoms with Crippen molar-refractivity contribution in [2.45, 2.75) is 24.9 Å². The number of carbonyl (C=O) groups is 1. The number of cyclic esters (lactones) is 1. The van der Waals surface area contributed by atoms with Crippen LogP contribution in [0.5, 0.6) is 0 Å². The lowest BCUT2D eigenvalue weighted by Crippen LogP contribution is -2.45. The molecule has 2 heterocycles. The molecule has 0 radical (unpaired) electrons. The zero-order valence-corrected chi connectivity index (χ0v) is 17.8. The molecule has 5 rings (SSSR count). The highest BCUT2D eigenvalue weighted by Gasteiger charge is 2.45. The Morgan fingerprint density at radius 1 is 0.938 bits per heavy atom. The molecular weight excluding hydrogens is 400 g/mol. The molecule has 5 heteroatoms. The molecule has 3 aromatic rings. The molecule has 2 aliphatic heterocycles. The summed E-state index contributed by atoms with van der Waals surface area (Å²) in [6, 6.07) is 27.7. The van der Waals surface area contributed by atoms with E-state index < -0.39 is 11.6 Å². The molecule has 0 aromatic heterocycles. The van der Waals surface area contributed by atoms with Gasteiger partial charge in [0, 0.05) is 13.1 Å². The first-order valence-corrected chi connectivity index (χ1v) is 11.0. The normalized spacial score (nSPS) is 20.4. The number of aryl methyl sites for hydroxylation is 1. The third-order valence-electron chi connectivity index (χ3n) is 6.28. The topological polar surface area (TPSA) is 61.8 Å². The number of fused-ring (bicyclic) bond motifs is 1. The third kappa shape index (κ3) is 3.71. The van der Waals surface area contributed by atoms with E-state index in [2.05, 4.69) is 17.4 Å². The van der Waals surface area contributed by atoms with Crippen LogP contribution in [0, 0.1) is 0 Å². The average Bonchev–Trinajstić information content (AvgIpc) is 2.84. The minimum absolute atomic E-state index is 0.0786. The van der Waals surface area contributed by atoms with Crippen LogP contribution in [0.25, 0.3) is 0 Å². The van der Waals surface area contributed by atoms with E-state index >= 15 is 0 Å². The summed E-state index contributed by atoms with van der Waals surface area (Å²) in [6.45, 7) is 1.26. The Labute approximate surface area is 188 Å². The van der Waals surface area contributed by atoms with E-state index in [1.54, 1.807) is 0 Å². The summed E-state index contributed by atoms with van der Waals surface area (Å²) in [5, 5.41) is 14.6. The van der Waals surface area contributed by atoms with E-state index in [1.165, 1.54) is 5.56 Å². The predicted octanol–water partition coefficient (Wildman–Crippen LogP) is 5.16. The van der Waals surface area contributed by atoms with Gasteiger partial charge in [0.15, 0.2) is 5.70 Å². The number of esters is 1. The number of hydrogen-bond donors (Lipinski definition) is 2. The molecule has 5 nitrogen and oxygen atoms in total. The molecule has 0 aliphatic carbocycles. The molecular formula is C27H26N2O3.